The van der Waals surface area contributed by atoms with Crippen LogP contribution in [0.2, 0.25) is 0 Å². The summed E-state index contributed by atoms with van der Waals surface area (Å²) in [6.07, 6.45) is 11.8. The minimum absolute atomic E-state index is 0.303. The van der Waals surface area contributed by atoms with Crippen LogP contribution in [-0.2, 0) is 0 Å². The molecule has 34 heavy (non-hydrogen) atoms. The van der Waals surface area contributed by atoms with Crippen LogP contribution in [0.4, 0.5) is 21.8 Å². The Balaban J connectivity index is 1.17. The lowest BCUT2D eigenvalue weighted by Crippen LogP contribution is -2.49. The van der Waals surface area contributed by atoms with Gasteiger partial charge >= 0.3 is 0 Å². The van der Waals surface area contributed by atoms with E-state index < -0.39 is 0 Å². The molecule has 1 saturated carbocycles. The Hall–Kier alpha value is -3.14. The molecule has 10 heteroatoms. The molecule has 178 valence electrons. The smallest absolute Gasteiger partial charge is 0.229 e. The minimum Gasteiger partial charge on any atom is -0.370 e. The van der Waals surface area contributed by atoms with Crippen LogP contribution in [0.1, 0.15) is 56.4 Å². The largest absolute Gasteiger partial charge is 0.370 e. The summed E-state index contributed by atoms with van der Waals surface area (Å²) in [5.41, 5.74) is 2.01. The van der Waals surface area contributed by atoms with E-state index in [9.17, 15) is 4.39 Å². The number of benzene rings is 1. The maximum atomic E-state index is 15.0. The molecular weight excluding hydrogens is 433 g/mol. The van der Waals surface area contributed by atoms with E-state index in [1.54, 1.807) is 23.0 Å². The van der Waals surface area contributed by atoms with Crippen molar-refractivity contribution in [2.24, 2.45) is 5.92 Å². The quantitative estimate of drug-likeness (QED) is 0.545. The van der Waals surface area contributed by atoms with Crippen LogP contribution >= 0.6 is 0 Å². The highest BCUT2D eigenvalue weighted by Crippen LogP contribution is 2.44. The maximum absolute atomic E-state index is 15.0. The second-order valence-electron chi connectivity index (χ2n) is 9.69. The summed E-state index contributed by atoms with van der Waals surface area (Å²) in [5.74, 6) is 1.76. The van der Waals surface area contributed by atoms with Gasteiger partial charge in [-0.3, -0.25) is 0 Å². The lowest BCUT2D eigenvalue weighted by Gasteiger charge is -2.44. The van der Waals surface area contributed by atoms with E-state index in [0.29, 0.717) is 29.5 Å². The highest BCUT2D eigenvalue weighted by Gasteiger charge is 2.33. The van der Waals surface area contributed by atoms with Crippen molar-refractivity contribution in [2.75, 3.05) is 30.3 Å². The molecule has 2 aliphatic heterocycles. The van der Waals surface area contributed by atoms with E-state index in [4.69, 9.17) is 0 Å². The van der Waals surface area contributed by atoms with Crippen LogP contribution in [0.5, 0.6) is 0 Å². The van der Waals surface area contributed by atoms with Gasteiger partial charge in [0.05, 0.1) is 11.4 Å². The summed E-state index contributed by atoms with van der Waals surface area (Å²) < 4.78 is 16.6. The van der Waals surface area contributed by atoms with Crippen molar-refractivity contribution in [3.05, 3.63) is 42.1 Å². The zero-order chi connectivity index (χ0) is 22.9. The van der Waals surface area contributed by atoms with Gasteiger partial charge in [0, 0.05) is 18.8 Å². The number of hydrogen-bond acceptors (Lipinski definition) is 8. The number of aromatic nitrogens is 6. The first-order valence-electron chi connectivity index (χ1n) is 12.4. The standard InChI is InChI=1S/C24H30FN9/c25-19-12-18(16-6-7-16)22(34-15-28-31-32-34)13-20(19)29-24-26-9-8-23(30-24)27-14-17-4-3-11-33-10-2-1-5-21(17)33/h8-9,12-13,15-17,21H,1-7,10-11,14H2,(H2,26,27,29,30). The number of rotatable bonds is 7. The zero-order valence-corrected chi connectivity index (χ0v) is 19.2. The summed E-state index contributed by atoms with van der Waals surface area (Å²) >= 11 is 0. The van der Waals surface area contributed by atoms with E-state index in [0.717, 1.165) is 36.5 Å². The maximum Gasteiger partial charge on any atom is 0.229 e. The molecule has 4 heterocycles. The van der Waals surface area contributed by atoms with Crippen LogP contribution < -0.4 is 10.6 Å². The van der Waals surface area contributed by atoms with Gasteiger partial charge in [-0.05, 0) is 97.6 Å². The average molecular weight is 464 g/mol. The number of piperidine rings is 2. The van der Waals surface area contributed by atoms with Crippen LogP contribution in [0.15, 0.2) is 30.7 Å². The Morgan fingerprint density at radius 2 is 1.97 bits per heavy atom. The minimum atomic E-state index is -0.333. The molecule has 2 unspecified atom stereocenters. The summed E-state index contributed by atoms with van der Waals surface area (Å²) in [6.45, 7) is 3.37. The third-order valence-corrected chi connectivity index (χ3v) is 7.41. The molecule has 0 spiro atoms. The van der Waals surface area contributed by atoms with E-state index in [1.165, 1.54) is 51.5 Å². The third-order valence-electron chi connectivity index (χ3n) is 7.41. The third kappa shape index (κ3) is 4.46. The predicted octanol–water partition coefficient (Wildman–Crippen LogP) is 3.89. The summed E-state index contributed by atoms with van der Waals surface area (Å²) in [6, 6.07) is 5.87. The molecule has 2 saturated heterocycles. The van der Waals surface area contributed by atoms with Gasteiger partial charge in [-0.2, -0.15) is 4.98 Å². The van der Waals surface area contributed by atoms with Crippen molar-refractivity contribution in [1.29, 1.82) is 0 Å². The molecular formula is C24H30FN9. The van der Waals surface area contributed by atoms with E-state index in [2.05, 4.69) is 41.0 Å². The van der Waals surface area contributed by atoms with E-state index >= 15 is 0 Å². The Morgan fingerprint density at radius 1 is 1.06 bits per heavy atom. The number of nitrogens with one attached hydrogen (secondary N) is 2. The molecule has 3 aromatic rings. The number of hydrogen-bond donors (Lipinski definition) is 2. The fraction of sp³-hybridized carbons (Fsp3) is 0.542. The fourth-order valence-corrected chi connectivity index (χ4v) is 5.55. The molecule has 0 radical (unpaired) electrons. The number of halogens is 1. The number of fused-ring (bicyclic) bond motifs is 1. The SMILES string of the molecule is Fc1cc(C2CC2)c(-n2cnnn2)cc1Nc1nccc(NCC2CCCN3CCCCC23)n1. The van der Waals surface area contributed by atoms with Crippen molar-refractivity contribution >= 4 is 17.5 Å². The van der Waals surface area contributed by atoms with Gasteiger partial charge in [0.2, 0.25) is 5.95 Å². The normalized spacial score (nSPS) is 22.9. The molecule has 9 nitrogen and oxygen atoms in total. The van der Waals surface area contributed by atoms with Crippen molar-refractivity contribution in [3.8, 4) is 5.69 Å². The van der Waals surface area contributed by atoms with Gasteiger partial charge in [0.1, 0.15) is 18.0 Å². The first-order chi connectivity index (χ1) is 16.7. The molecule has 0 bridgehead atoms. The monoisotopic (exact) mass is 463 g/mol. The Bertz CT molecular complexity index is 1130. The second-order valence-corrected chi connectivity index (χ2v) is 9.69. The lowest BCUT2D eigenvalue weighted by molar-refractivity contribution is 0.0649. The fourth-order valence-electron chi connectivity index (χ4n) is 5.55. The van der Waals surface area contributed by atoms with Crippen LogP contribution in [0.25, 0.3) is 5.69 Å². The highest BCUT2D eigenvalue weighted by molar-refractivity contribution is 5.62. The van der Waals surface area contributed by atoms with Crippen molar-refractivity contribution in [3.63, 3.8) is 0 Å². The highest BCUT2D eigenvalue weighted by atomic mass is 19.1. The van der Waals surface area contributed by atoms with Crippen LogP contribution in [0, 0.1) is 11.7 Å². The molecule has 2 N–H and O–H groups in total. The molecule has 3 aliphatic rings. The van der Waals surface area contributed by atoms with E-state index in [1.807, 2.05) is 6.07 Å². The van der Waals surface area contributed by atoms with Crippen molar-refractivity contribution < 1.29 is 4.39 Å². The second kappa shape index (κ2) is 9.25. The lowest BCUT2D eigenvalue weighted by atomic mass is 9.83. The van der Waals surface area contributed by atoms with Crippen molar-refractivity contribution in [2.45, 2.75) is 56.9 Å². The summed E-state index contributed by atoms with van der Waals surface area (Å²) in [7, 11) is 0. The molecule has 1 aliphatic carbocycles. The zero-order valence-electron chi connectivity index (χ0n) is 19.2. The van der Waals surface area contributed by atoms with Crippen molar-refractivity contribution in [1.82, 2.24) is 35.1 Å². The summed E-state index contributed by atoms with van der Waals surface area (Å²) in [5, 5.41) is 18.0. The number of nitrogens with zero attached hydrogens (tertiary/aromatic N) is 7. The van der Waals surface area contributed by atoms with E-state index in [-0.39, 0.29) is 5.82 Å². The first kappa shape index (κ1) is 21.4. The van der Waals surface area contributed by atoms with Gasteiger partial charge in [0.15, 0.2) is 0 Å². The van der Waals surface area contributed by atoms with Gasteiger partial charge < -0.3 is 15.5 Å². The topological polar surface area (TPSA) is 96.7 Å². The summed E-state index contributed by atoms with van der Waals surface area (Å²) in [4.78, 5) is 11.6. The Morgan fingerprint density at radius 3 is 2.82 bits per heavy atom. The predicted molar refractivity (Wildman–Crippen MR) is 127 cm³/mol. The Kier molecular flexibility index (Phi) is 5.82. The molecule has 1 aromatic carbocycles. The van der Waals surface area contributed by atoms with Gasteiger partial charge in [-0.1, -0.05) is 6.42 Å². The molecule has 6 rings (SSSR count). The molecule has 2 aromatic heterocycles. The van der Waals surface area contributed by atoms with Gasteiger partial charge in [0.25, 0.3) is 0 Å². The van der Waals surface area contributed by atoms with Crippen LogP contribution in [-0.4, -0.2) is 60.8 Å². The number of tetrazole rings is 1. The molecule has 2 atom stereocenters. The van der Waals surface area contributed by atoms with Gasteiger partial charge in [-0.25, -0.2) is 14.1 Å². The van der Waals surface area contributed by atoms with Gasteiger partial charge in [-0.15, -0.1) is 5.10 Å². The Labute approximate surface area is 198 Å². The first-order valence-corrected chi connectivity index (χ1v) is 12.4. The molecule has 3 fully saturated rings. The molecule has 0 amide bonds. The number of anilines is 3. The van der Waals surface area contributed by atoms with Crippen LogP contribution in [0.3, 0.4) is 0 Å². The average Bonchev–Trinajstić information content (AvgIpc) is 3.57.